The summed E-state index contributed by atoms with van der Waals surface area (Å²) < 4.78 is 42.4. The highest BCUT2D eigenvalue weighted by atomic mass is 79.9. The molecule has 180 valence electrons. The number of thioether (sulfide) groups is 1. The molecule has 1 amide bonds. The molecule has 13 heteroatoms. The van der Waals surface area contributed by atoms with E-state index in [9.17, 15) is 18.0 Å². The molecule has 3 aromatic rings. The molecule has 2 heterocycles. The van der Waals surface area contributed by atoms with Crippen LogP contribution in [-0.4, -0.2) is 70.0 Å². The summed E-state index contributed by atoms with van der Waals surface area (Å²) in [5.74, 6) is -0.528. The molecule has 1 aromatic heterocycles. The van der Waals surface area contributed by atoms with Crippen molar-refractivity contribution in [2.75, 3.05) is 49.2 Å². The van der Waals surface area contributed by atoms with Crippen molar-refractivity contribution in [1.82, 2.24) is 25.1 Å². The van der Waals surface area contributed by atoms with Gasteiger partial charge in [0.2, 0.25) is 11.1 Å². The third kappa shape index (κ3) is 5.88. The summed E-state index contributed by atoms with van der Waals surface area (Å²) in [4.78, 5) is 16.9. The molecule has 2 aromatic carbocycles. The zero-order chi connectivity index (χ0) is 24.3. The van der Waals surface area contributed by atoms with Crippen molar-refractivity contribution >= 4 is 45.0 Å². The maximum Gasteiger partial charge on any atom is 0.416 e. The lowest BCUT2D eigenvalue weighted by molar-refractivity contribution is -0.137. The van der Waals surface area contributed by atoms with Gasteiger partial charge in [0.25, 0.3) is 0 Å². The lowest BCUT2D eigenvalue weighted by Gasteiger charge is -2.35. The van der Waals surface area contributed by atoms with E-state index in [1.807, 2.05) is 36.2 Å². The first-order valence-electron chi connectivity index (χ1n) is 10.3. The molecule has 0 spiro atoms. The Balaban J connectivity index is 1.49. The molecule has 0 atom stereocenters. The van der Waals surface area contributed by atoms with Crippen molar-refractivity contribution in [2.45, 2.75) is 11.3 Å². The summed E-state index contributed by atoms with van der Waals surface area (Å²) in [7, 11) is 1.99. The van der Waals surface area contributed by atoms with Gasteiger partial charge in [0.1, 0.15) is 0 Å². The molecule has 4 rings (SSSR count). The molecule has 1 aliphatic heterocycles. The number of nitrogens with zero attached hydrogens (tertiary/aromatic N) is 6. The summed E-state index contributed by atoms with van der Waals surface area (Å²) in [5.41, 5.74) is 0.607. The van der Waals surface area contributed by atoms with Gasteiger partial charge in [-0.3, -0.25) is 4.79 Å². The average Bonchev–Trinajstić information content (AvgIpc) is 3.27. The SMILES string of the molecule is CN1CCN(c2ccc(C(F)(F)F)cc2NC(=O)CSc2nnnn2-c2ccc(Br)cc2)CC1. The normalized spacial score (nSPS) is 14.9. The fourth-order valence-electron chi connectivity index (χ4n) is 3.47. The second-order valence-corrected chi connectivity index (χ2v) is 9.56. The van der Waals surface area contributed by atoms with Crippen molar-refractivity contribution in [2.24, 2.45) is 0 Å². The minimum Gasteiger partial charge on any atom is -0.367 e. The number of carbonyl (C=O) groups excluding carboxylic acids is 1. The fraction of sp³-hybridized carbons (Fsp3) is 0.333. The van der Waals surface area contributed by atoms with Gasteiger partial charge in [-0.25, -0.2) is 0 Å². The molecule has 0 unspecified atom stereocenters. The van der Waals surface area contributed by atoms with E-state index in [4.69, 9.17) is 0 Å². The molecule has 0 radical (unpaired) electrons. The first-order valence-corrected chi connectivity index (χ1v) is 12.1. The number of amides is 1. The Morgan fingerprint density at radius 3 is 2.50 bits per heavy atom. The highest BCUT2D eigenvalue weighted by Gasteiger charge is 2.32. The van der Waals surface area contributed by atoms with Gasteiger partial charge in [0.15, 0.2) is 0 Å². The summed E-state index contributed by atoms with van der Waals surface area (Å²) in [5, 5.41) is 14.6. The molecule has 8 nitrogen and oxygen atoms in total. The van der Waals surface area contributed by atoms with Crippen LogP contribution in [0.25, 0.3) is 5.69 Å². The number of anilines is 2. The summed E-state index contributed by atoms with van der Waals surface area (Å²) in [6, 6.07) is 10.8. The van der Waals surface area contributed by atoms with E-state index in [2.05, 4.69) is 41.7 Å². The van der Waals surface area contributed by atoms with E-state index in [0.29, 0.717) is 29.6 Å². The zero-order valence-electron chi connectivity index (χ0n) is 18.1. The van der Waals surface area contributed by atoms with Crippen LogP contribution in [0.1, 0.15) is 5.56 Å². The Morgan fingerprint density at radius 2 is 1.82 bits per heavy atom. The molecule has 0 aliphatic carbocycles. The molecular weight excluding hydrogens is 535 g/mol. The summed E-state index contributed by atoms with van der Waals surface area (Å²) in [6.07, 6.45) is -4.51. The number of alkyl halides is 3. The zero-order valence-corrected chi connectivity index (χ0v) is 20.5. The molecule has 1 aliphatic rings. The number of aromatic nitrogens is 4. The standard InChI is InChI=1S/C21H21BrF3N7OS/c1-30-8-10-31(11-9-30)18-7-2-14(21(23,24)25)12-17(18)26-19(33)13-34-20-27-28-29-32(20)16-5-3-15(22)4-6-16/h2-7,12H,8-11,13H2,1H3,(H,26,33). The molecule has 0 bridgehead atoms. The Morgan fingerprint density at radius 1 is 1.12 bits per heavy atom. The Labute approximate surface area is 206 Å². The number of hydrogen-bond acceptors (Lipinski definition) is 7. The third-order valence-corrected chi connectivity index (χ3v) is 6.73. The van der Waals surface area contributed by atoms with E-state index in [-0.39, 0.29) is 11.4 Å². The van der Waals surface area contributed by atoms with Gasteiger partial charge >= 0.3 is 6.18 Å². The van der Waals surface area contributed by atoms with Crippen LogP contribution in [0.4, 0.5) is 24.5 Å². The number of rotatable bonds is 6. The van der Waals surface area contributed by atoms with Crippen molar-refractivity contribution in [3.05, 3.63) is 52.5 Å². The molecule has 1 fully saturated rings. The number of carbonyl (C=O) groups is 1. The molecular formula is C21H21BrF3N7OS. The first kappa shape index (κ1) is 24.5. The van der Waals surface area contributed by atoms with Crippen molar-refractivity contribution in [3.8, 4) is 5.69 Å². The molecule has 1 saturated heterocycles. The van der Waals surface area contributed by atoms with Gasteiger partial charge < -0.3 is 15.1 Å². The van der Waals surface area contributed by atoms with Gasteiger partial charge in [-0.1, -0.05) is 27.7 Å². The molecule has 34 heavy (non-hydrogen) atoms. The Hall–Kier alpha value is -2.64. The fourth-order valence-corrected chi connectivity index (χ4v) is 4.42. The van der Waals surface area contributed by atoms with E-state index in [0.717, 1.165) is 41.5 Å². The van der Waals surface area contributed by atoms with Crippen molar-refractivity contribution in [3.63, 3.8) is 0 Å². The molecule has 0 saturated carbocycles. The van der Waals surface area contributed by atoms with E-state index >= 15 is 0 Å². The minimum atomic E-state index is -4.51. The van der Waals surface area contributed by atoms with Crippen LogP contribution in [0.5, 0.6) is 0 Å². The second kappa shape index (κ2) is 10.3. The number of hydrogen-bond donors (Lipinski definition) is 1. The van der Waals surface area contributed by atoms with Gasteiger partial charge in [-0.05, 0) is 59.9 Å². The summed E-state index contributed by atoms with van der Waals surface area (Å²) in [6.45, 7) is 2.87. The van der Waals surface area contributed by atoms with Crippen LogP contribution in [0, 0.1) is 0 Å². The van der Waals surface area contributed by atoms with Crippen LogP contribution >= 0.6 is 27.7 Å². The highest BCUT2D eigenvalue weighted by Crippen LogP contribution is 2.36. The average molecular weight is 556 g/mol. The van der Waals surface area contributed by atoms with Gasteiger partial charge in [-0.2, -0.15) is 17.9 Å². The van der Waals surface area contributed by atoms with Crippen molar-refractivity contribution < 1.29 is 18.0 Å². The largest absolute Gasteiger partial charge is 0.416 e. The number of likely N-dealkylation sites (N-methyl/N-ethyl adjacent to an activating group) is 1. The predicted molar refractivity (Wildman–Crippen MR) is 127 cm³/mol. The van der Waals surface area contributed by atoms with Gasteiger partial charge in [0, 0.05) is 30.7 Å². The third-order valence-electron chi connectivity index (χ3n) is 5.29. The number of benzene rings is 2. The maximum absolute atomic E-state index is 13.3. The number of nitrogens with one attached hydrogen (secondary N) is 1. The van der Waals surface area contributed by atoms with Crippen LogP contribution in [0.15, 0.2) is 52.1 Å². The predicted octanol–water partition coefficient (Wildman–Crippen LogP) is 3.93. The van der Waals surface area contributed by atoms with Crippen LogP contribution in [0.2, 0.25) is 0 Å². The quantitative estimate of drug-likeness (QED) is 0.461. The second-order valence-electron chi connectivity index (χ2n) is 7.71. The number of piperazine rings is 1. The van der Waals surface area contributed by atoms with E-state index in [1.165, 1.54) is 10.7 Å². The lowest BCUT2D eigenvalue weighted by atomic mass is 10.1. The maximum atomic E-state index is 13.3. The smallest absolute Gasteiger partial charge is 0.367 e. The number of halogens is 4. The topological polar surface area (TPSA) is 79.2 Å². The minimum absolute atomic E-state index is 0.0741. The van der Waals surface area contributed by atoms with Crippen LogP contribution < -0.4 is 10.2 Å². The lowest BCUT2D eigenvalue weighted by Crippen LogP contribution is -2.44. The molecule has 1 N–H and O–H groups in total. The Kier molecular flexibility index (Phi) is 7.43. The highest BCUT2D eigenvalue weighted by molar-refractivity contribution is 9.10. The van der Waals surface area contributed by atoms with Crippen LogP contribution in [0.3, 0.4) is 0 Å². The first-order chi connectivity index (χ1) is 16.2. The summed E-state index contributed by atoms with van der Waals surface area (Å²) >= 11 is 4.46. The monoisotopic (exact) mass is 555 g/mol. The van der Waals surface area contributed by atoms with Gasteiger partial charge in [-0.15, -0.1) is 5.10 Å². The van der Waals surface area contributed by atoms with E-state index < -0.39 is 17.6 Å². The van der Waals surface area contributed by atoms with Gasteiger partial charge in [0.05, 0.1) is 28.4 Å². The van der Waals surface area contributed by atoms with Crippen LogP contribution in [-0.2, 0) is 11.0 Å². The van der Waals surface area contributed by atoms with E-state index in [1.54, 1.807) is 0 Å². The van der Waals surface area contributed by atoms with Crippen molar-refractivity contribution in [1.29, 1.82) is 0 Å². The Bertz CT molecular complexity index is 1150. The number of tetrazole rings is 1.